The zero-order chi connectivity index (χ0) is 25.8. The lowest BCUT2D eigenvalue weighted by Crippen LogP contribution is -2.47. The van der Waals surface area contributed by atoms with Crippen molar-refractivity contribution >= 4 is 21.6 Å². The number of hydrogen-bond acceptors (Lipinski definition) is 5. The first kappa shape index (κ1) is 25.6. The molecule has 8 heteroatoms. The number of fused-ring (bicyclic) bond motifs is 1. The highest BCUT2D eigenvalue weighted by Gasteiger charge is 2.39. The van der Waals surface area contributed by atoms with Crippen LogP contribution >= 0.6 is 0 Å². The van der Waals surface area contributed by atoms with E-state index in [-0.39, 0.29) is 17.5 Å². The fourth-order valence-electron chi connectivity index (χ4n) is 4.60. The highest BCUT2D eigenvalue weighted by molar-refractivity contribution is 7.92. The summed E-state index contributed by atoms with van der Waals surface area (Å²) in [4.78, 5) is 13.5. The van der Waals surface area contributed by atoms with Crippen LogP contribution in [-0.2, 0) is 14.8 Å². The summed E-state index contributed by atoms with van der Waals surface area (Å²) in [5.41, 5.74) is 0.842. The highest BCUT2D eigenvalue weighted by atomic mass is 32.2. The molecule has 1 heterocycles. The van der Waals surface area contributed by atoms with Gasteiger partial charge in [0.25, 0.3) is 10.0 Å². The Morgan fingerprint density at radius 2 is 1.72 bits per heavy atom. The fraction of sp³-hybridized carbons (Fsp3) is 0.321. The summed E-state index contributed by atoms with van der Waals surface area (Å²) < 4.78 is 40.0. The van der Waals surface area contributed by atoms with Gasteiger partial charge in [-0.2, -0.15) is 0 Å². The predicted molar refractivity (Wildman–Crippen MR) is 140 cm³/mol. The molecule has 3 aromatic rings. The van der Waals surface area contributed by atoms with Crippen molar-refractivity contribution in [2.75, 3.05) is 18.0 Å². The number of rotatable bonds is 9. The Morgan fingerprint density at radius 1 is 1.03 bits per heavy atom. The molecule has 1 N–H and O–H groups in total. The van der Waals surface area contributed by atoms with Crippen molar-refractivity contribution in [2.24, 2.45) is 0 Å². The average molecular weight is 509 g/mol. The number of carbonyl (C=O) groups excluding carboxylic acids is 1. The number of anilines is 1. The minimum atomic E-state index is -4.02. The molecule has 1 amide bonds. The fourth-order valence-corrected chi connectivity index (χ4v) is 6.03. The maximum Gasteiger partial charge on any atom is 0.264 e. The van der Waals surface area contributed by atoms with Crippen LogP contribution in [0.3, 0.4) is 0 Å². The van der Waals surface area contributed by atoms with E-state index in [1.807, 2.05) is 24.3 Å². The van der Waals surface area contributed by atoms with E-state index in [1.54, 1.807) is 42.5 Å². The van der Waals surface area contributed by atoms with E-state index in [0.29, 0.717) is 17.9 Å². The predicted octanol–water partition coefficient (Wildman–Crippen LogP) is 5.09. The van der Waals surface area contributed by atoms with Crippen LogP contribution in [0.5, 0.6) is 11.5 Å². The Bertz CT molecular complexity index is 1310. The van der Waals surface area contributed by atoms with Gasteiger partial charge in [-0.1, -0.05) is 56.3 Å². The molecule has 0 saturated heterocycles. The zero-order valence-electron chi connectivity index (χ0n) is 20.8. The molecule has 4 rings (SSSR count). The molecule has 36 heavy (non-hydrogen) atoms. The Balaban J connectivity index is 1.66. The molecule has 0 radical (unpaired) electrons. The van der Waals surface area contributed by atoms with E-state index in [1.165, 1.54) is 19.2 Å². The molecule has 0 spiro atoms. The van der Waals surface area contributed by atoms with Crippen LogP contribution in [0.25, 0.3) is 0 Å². The monoisotopic (exact) mass is 508 g/mol. The summed E-state index contributed by atoms with van der Waals surface area (Å²) in [6, 6.07) is 22.2. The molecule has 0 aromatic heterocycles. The molecular weight excluding hydrogens is 476 g/mol. The third kappa shape index (κ3) is 5.18. The van der Waals surface area contributed by atoms with E-state index in [9.17, 15) is 13.2 Å². The average Bonchev–Trinajstić information content (AvgIpc) is 2.92. The van der Waals surface area contributed by atoms with Gasteiger partial charge in [-0.15, -0.1) is 0 Å². The topological polar surface area (TPSA) is 84.9 Å². The van der Waals surface area contributed by atoms with Crippen LogP contribution in [0.2, 0.25) is 0 Å². The van der Waals surface area contributed by atoms with E-state index >= 15 is 0 Å². The number of ether oxygens (including phenoxy) is 2. The van der Waals surface area contributed by atoms with Crippen molar-refractivity contribution < 1.29 is 22.7 Å². The Kier molecular flexibility index (Phi) is 7.54. The number of carbonyl (C=O) groups is 1. The van der Waals surface area contributed by atoms with Gasteiger partial charge in [0.1, 0.15) is 23.6 Å². The highest BCUT2D eigenvalue weighted by Crippen LogP contribution is 2.42. The molecule has 0 fully saturated rings. The van der Waals surface area contributed by atoms with Crippen LogP contribution in [-0.4, -0.2) is 33.6 Å². The maximum absolute atomic E-state index is 13.6. The van der Waals surface area contributed by atoms with Crippen molar-refractivity contribution in [1.29, 1.82) is 0 Å². The van der Waals surface area contributed by atoms with Crippen LogP contribution in [0.4, 0.5) is 5.69 Å². The van der Waals surface area contributed by atoms with Gasteiger partial charge in [-0.25, -0.2) is 8.42 Å². The van der Waals surface area contributed by atoms with Crippen molar-refractivity contribution in [3.05, 3.63) is 84.4 Å². The molecular formula is C28H32N2O5S. The van der Waals surface area contributed by atoms with Crippen LogP contribution in [0.1, 0.15) is 44.7 Å². The maximum atomic E-state index is 13.6. The number of benzene rings is 3. The van der Waals surface area contributed by atoms with Crippen LogP contribution < -0.4 is 19.1 Å². The molecule has 1 aliphatic heterocycles. The quantitative estimate of drug-likeness (QED) is 0.435. The van der Waals surface area contributed by atoms with Gasteiger partial charge in [0, 0.05) is 18.1 Å². The lowest BCUT2D eigenvalue weighted by molar-refractivity contribution is -0.121. The van der Waals surface area contributed by atoms with Gasteiger partial charge in [-0.05, 0) is 43.2 Å². The summed E-state index contributed by atoms with van der Waals surface area (Å²) in [5.74, 6) is 0.842. The Hall–Kier alpha value is -3.52. The summed E-state index contributed by atoms with van der Waals surface area (Å²) in [6.45, 7) is 3.77. The first-order valence-corrected chi connectivity index (χ1v) is 13.5. The number of nitrogens with zero attached hydrogens (tertiary/aromatic N) is 1. The summed E-state index contributed by atoms with van der Waals surface area (Å²) in [5, 5.41) is 3.09. The number of para-hydroxylation sites is 1. The van der Waals surface area contributed by atoms with Crippen molar-refractivity contribution in [2.45, 2.75) is 49.6 Å². The smallest absolute Gasteiger partial charge is 0.264 e. The molecule has 190 valence electrons. The Labute approximate surface area is 213 Å². The zero-order valence-corrected chi connectivity index (χ0v) is 21.6. The number of nitrogens with one attached hydrogen (secondary N) is 1. The van der Waals surface area contributed by atoms with E-state index in [4.69, 9.17) is 9.47 Å². The largest absolute Gasteiger partial charge is 0.497 e. The van der Waals surface area contributed by atoms with Gasteiger partial charge >= 0.3 is 0 Å². The molecule has 0 unspecified atom stereocenters. The molecule has 1 atom stereocenters. The number of sulfonamides is 1. The van der Waals surface area contributed by atoms with Crippen molar-refractivity contribution in [3.63, 3.8) is 0 Å². The first-order valence-electron chi connectivity index (χ1n) is 12.1. The summed E-state index contributed by atoms with van der Waals surface area (Å²) >= 11 is 0. The molecule has 0 bridgehead atoms. The number of methoxy groups -OCH3 is 1. The van der Waals surface area contributed by atoms with Gasteiger partial charge in [0.2, 0.25) is 5.91 Å². The van der Waals surface area contributed by atoms with E-state index < -0.39 is 21.5 Å². The molecule has 3 aromatic carbocycles. The van der Waals surface area contributed by atoms with Crippen LogP contribution in [0.15, 0.2) is 83.8 Å². The number of amides is 1. The second-order valence-corrected chi connectivity index (χ2v) is 10.7. The minimum absolute atomic E-state index is 0.105. The van der Waals surface area contributed by atoms with Crippen LogP contribution in [0, 0.1) is 0 Å². The SMILES string of the molecule is CCC1(CC)C[C@@H](NC(=O)CN(c2cccc(OC)c2)S(=O)(=O)c2ccccc2)c2ccccc2O1. The minimum Gasteiger partial charge on any atom is -0.497 e. The van der Waals surface area contributed by atoms with Gasteiger partial charge in [-0.3, -0.25) is 9.10 Å². The number of hydrogen-bond donors (Lipinski definition) is 1. The normalized spacial score (nSPS) is 16.4. The molecule has 0 saturated carbocycles. The first-order chi connectivity index (χ1) is 17.3. The molecule has 1 aliphatic rings. The molecule has 0 aliphatic carbocycles. The standard InChI is InChI=1S/C28H32N2O5S/c1-4-28(5-2)19-25(24-16-9-10-17-26(24)35-28)29-27(31)20-30(21-12-11-13-22(18-21)34-3)36(32,33)23-14-7-6-8-15-23/h6-18,25H,4-5,19-20H2,1-3H3,(H,29,31)/t25-/m1/s1. The van der Waals surface area contributed by atoms with Crippen molar-refractivity contribution in [3.8, 4) is 11.5 Å². The Morgan fingerprint density at radius 3 is 2.42 bits per heavy atom. The molecule has 7 nitrogen and oxygen atoms in total. The van der Waals surface area contributed by atoms with Crippen molar-refractivity contribution in [1.82, 2.24) is 5.32 Å². The summed E-state index contributed by atoms with van der Waals surface area (Å²) in [6.07, 6.45) is 2.19. The summed E-state index contributed by atoms with van der Waals surface area (Å²) in [7, 11) is -2.50. The van der Waals surface area contributed by atoms with Gasteiger partial charge in [0.05, 0.1) is 23.7 Å². The lowest BCUT2D eigenvalue weighted by Gasteiger charge is -2.41. The van der Waals surface area contributed by atoms with E-state index in [2.05, 4.69) is 19.2 Å². The lowest BCUT2D eigenvalue weighted by atomic mass is 9.83. The second kappa shape index (κ2) is 10.6. The third-order valence-corrected chi connectivity index (χ3v) is 8.57. The van der Waals surface area contributed by atoms with Gasteiger partial charge < -0.3 is 14.8 Å². The second-order valence-electron chi connectivity index (χ2n) is 8.88. The van der Waals surface area contributed by atoms with Gasteiger partial charge in [0.15, 0.2) is 0 Å². The van der Waals surface area contributed by atoms with E-state index in [0.717, 1.165) is 28.5 Å². The third-order valence-electron chi connectivity index (χ3n) is 6.78.